The van der Waals surface area contributed by atoms with Crippen LogP contribution in [0.1, 0.15) is 18.5 Å². The summed E-state index contributed by atoms with van der Waals surface area (Å²) < 4.78 is 0. The highest BCUT2D eigenvalue weighted by molar-refractivity contribution is 8.00. The fourth-order valence-electron chi connectivity index (χ4n) is 1.72. The van der Waals surface area contributed by atoms with Crippen LogP contribution in [0.4, 0.5) is 0 Å². The van der Waals surface area contributed by atoms with Gasteiger partial charge in [-0.1, -0.05) is 6.07 Å². The maximum atomic E-state index is 9.18. The molecule has 0 aromatic carbocycles. The molecule has 0 saturated heterocycles. The first-order valence-electron chi connectivity index (χ1n) is 5.85. The number of nitriles is 1. The zero-order chi connectivity index (χ0) is 12.4. The van der Waals surface area contributed by atoms with E-state index >= 15 is 0 Å². The lowest BCUT2D eigenvalue weighted by molar-refractivity contribution is 1.16. The summed E-state index contributed by atoms with van der Waals surface area (Å²) in [6.07, 6.45) is 5.91. The van der Waals surface area contributed by atoms with Crippen molar-refractivity contribution in [2.75, 3.05) is 0 Å². The van der Waals surface area contributed by atoms with Gasteiger partial charge in [0.15, 0.2) is 5.69 Å². The summed E-state index contributed by atoms with van der Waals surface area (Å²) in [5.41, 5.74) is 2.42. The van der Waals surface area contributed by atoms with E-state index < -0.39 is 0 Å². The van der Waals surface area contributed by atoms with E-state index in [1.807, 2.05) is 24.3 Å². The number of rotatable bonds is 3. The molecule has 1 aliphatic rings. The number of thioether (sulfide) groups is 1. The molecule has 4 heteroatoms. The van der Waals surface area contributed by atoms with Crippen LogP contribution in [0.2, 0.25) is 0 Å². The number of pyridine rings is 2. The van der Waals surface area contributed by atoms with E-state index in [9.17, 15) is 5.26 Å². The van der Waals surface area contributed by atoms with Crippen molar-refractivity contribution >= 4 is 11.8 Å². The van der Waals surface area contributed by atoms with Crippen LogP contribution in [0.5, 0.6) is 0 Å². The molecule has 0 radical (unpaired) electrons. The van der Waals surface area contributed by atoms with Gasteiger partial charge in [0.25, 0.3) is 0 Å². The molecule has 0 unspecified atom stereocenters. The quantitative estimate of drug-likeness (QED) is 0.842. The normalized spacial score (nSPS) is 14.2. The predicted molar refractivity (Wildman–Crippen MR) is 71.1 cm³/mol. The number of hydrogen-bond acceptors (Lipinski definition) is 4. The Balaban J connectivity index is 2.10. The third kappa shape index (κ3) is 2.22. The van der Waals surface area contributed by atoms with Gasteiger partial charge in [-0.15, -0.1) is 11.8 Å². The minimum absolute atomic E-state index is 0.509. The summed E-state index contributed by atoms with van der Waals surface area (Å²) in [4.78, 5) is 9.49. The molecule has 2 aromatic heterocycles. The largest absolute Gasteiger partial charge is 0.256 e. The number of aromatic nitrogens is 2. The molecule has 2 aromatic rings. The zero-order valence-corrected chi connectivity index (χ0v) is 10.5. The lowest BCUT2D eigenvalue weighted by Gasteiger charge is -2.08. The molecule has 0 spiro atoms. The van der Waals surface area contributed by atoms with E-state index in [4.69, 9.17) is 0 Å². The average Bonchev–Trinajstić information content (AvgIpc) is 3.24. The van der Waals surface area contributed by atoms with Gasteiger partial charge in [0.1, 0.15) is 6.07 Å². The van der Waals surface area contributed by atoms with Gasteiger partial charge in [-0.2, -0.15) is 5.26 Å². The fourth-order valence-corrected chi connectivity index (χ4v) is 2.94. The van der Waals surface area contributed by atoms with Crippen molar-refractivity contribution in [2.45, 2.75) is 23.0 Å². The lowest BCUT2D eigenvalue weighted by Crippen LogP contribution is -1.93. The highest BCUT2D eigenvalue weighted by Crippen LogP contribution is 2.43. The Kier molecular flexibility index (Phi) is 2.99. The minimum atomic E-state index is 0.509. The Morgan fingerprint density at radius 1 is 1.17 bits per heavy atom. The van der Waals surface area contributed by atoms with Crippen molar-refractivity contribution < 1.29 is 0 Å². The summed E-state index contributed by atoms with van der Waals surface area (Å²) in [5.74, 6) is 0. The molecule has 0 amide bonds. The van der Waals surface area contributed by atoms with Crippen LogP contribution in [0.3, 0.4) is 0 Å². The third-order valence-corrected chi connectivity index (χ3v) is 4.21. The van der Waals surface area contributed by atoms with Gasteiger partial charge in [0.2, 0.25) is 0 Å². The minimum Gasteiger partial charge on any atom is -0.256 e. The maximum Gasteiger partial charge on any atom is 0.154 e. The molecule has 1 saturated carbocycles. The van der Waals surface area contributed by atoms with Gasteiger partial charge < -0.3 is 0 Å². The van der Waals surface area contributed by atoms with Gasteiger partial charge in [0, 0.05) is 23.2 Å². The van der Waals surface area contributed by atoms with Crippen LogP contribution in [0.15, 0.2) is 41.6 Å². The van der Waals surface area contributed by atoms with Gasteiger partial charge in [-0.25, -0.2) is 4.98 Å². The topological polar surface area (TPSA) is 49.6 Å². The van der Waals surface area contributed by atoms with Gasteiger partial charge in [-0.05, 0) is 31.0 Å². The summed E-state index contributed by atoms with van der Waals surface area (Å²) in [7, 11) is 0. The molecule has 0 atom stereocenters. The molecule has 1 fully saturated rings. The average molecular weight is 253 g/mol. The van der Waals surface area contributed by atoms with E-state index in [0.29, 0.717) is 10.9 Å². The molecular weight excluding hydrogens is 242 g/mol. The molecular formula is C14H11N3S. The van der Waals surface area contributed by atoms with Crippen molar-refractivity contribution in [2.24, 2.45) is 0 Å². The molecule has 1 aliphatic carbocycles. The lowest BCUT2D eigenvalue weighted by atomic mass is 10.1. The number of hydrogen-bond donors (Lipinski definition) is 0. The number of nitrogens with zero attached hydrogens (tertiary/aromatic N) is 3. The van der Waals surface area contributed by atoms with Crippen molar-refractivity contribution in [3.8, 4) is 17.3 Å². The second-order valence-electron chi connectivity index (χ2n) is 4.18. The van der Waals surface area contributed by atoms with Gasteiger partial charge in [-0.3, -0.25) is 4.98 Å². The second-order valence-corrected chi connectivity index (χ2v) is 5.49. The van der Waals surface area contributed by atoms with E-state index in [1.165, 1.54) is 12.8 Å². The molecule has 3 nitrogen and oxygen atoms in total. The first-order chi connectivity index (χ1) is 8.88. The van der Waals surface area contributed by atoms with Crippen LogP contribution in [0.25, 0.3) is 11.3 Å². The first kappa shape index (κ1) is 11.2. The van der Waals surface area contributed by atoms with E-state index in [1.54, 1.807) is 24.2 Å². The molecule has 0 aliphatic heterocycles. The second kappa shape index (κ2) is 4.79. The van der Waals surface area contributed by atoms with Crippen molar-refractivity contribution in [1.82, 2.24) is 9.97 Å². The van der Waals surface area contributed by atoms with Crippen LogP contribution in [0, 0.1) is 11.3 Å². The Bertz CT molecular complexity index is 600. The third-order valence-electron chi connectivity index (χ3n) is 2.76. The Hall–Kier alpha value is -1.86. The van der Waals surface area contributed by atoms with Crippen LogP contribution in [-0.4, -0.2) is 15.2 Å². The fraction of sp³-hybridized carbons (Fsp3) is 0.214. The van der Waals surface area contributed by atoms with Crippen LogP contribution in [-0.2, 0) is 0 Å². The molecule has 88 valence electrons. The Morgan fingerprint density at radius 3 is 2.72 bits per heavy atom. The molecule has 3 rings (SSSR count). The highest BCUT2D eigenvalue weighted by Gasteiger charge is 2.26. The smallest absolute Gasteiger partial charge is 0.154 e. The SMILES string of the molecule is N#Cc1nccc(-c2ccccn2)c1SC1CC1. The van der Waals surface area contributed by atoms with E-state index in [-0.39, 0.29) is 0 Å². The predicted octanol–water partition coefficient (Wildman–Crippen LogP) is 3.27. The Labute approximate surface area is 110 Å². The highest BCUT2D eigenvalue weighted by atomic mass is 32.2. The summed E-state index contributed by atoms with van der Waals surface area (Å²) in [6, 6.07) is 9.93. The van der Waals surface area contributed by atoms with E-state index in [0.717, 1.165) is 16.2 Å². The monoisotopic (exact) mass is 253 g/mol. The van der Waals surface area contributed by atoms with E-state index in [2.05, 4.69) is 16.0 Å². The van der Waals surface area contributed by atoms with Gasteiger partial charge >= 0.3 is 0 Å². The zero-order valence-electron chi connectivity index (χ0n) is 9.71. The van der Waals surface area contributed by atoms with Crippen LogP contribution >= 0.6 is 11.8 Å². The molecule has 18 heavy (non-hydrogen) atoms. The summed E-state index contributed by atoms with van der Waals surface area (Å²) in [6.45, 7) is 0. The molecule has 0 bridgehead atoms. The van der Waals surface area contributed by atoms with Crippen molar-refractivity contribution in [1.29, 1.82) is 5.26 Å². The van der Waals surface area contributed by atoms with Crippen LogP contribution < -0.4 is 0 Å². The van der Waals surface area contributed by atoms with Crippen molar-refractivity contribution in [3.05, 3.63) is 42.4 Å². The maximum absolute atomic E-state index is 9.18. The Morgan fingerprint density at radius 2 is 2.06 bits per heavy atom. The molecule has 2 heterocycles. The van der Waals surface area contributed by atoms with Gasteiger partial charge in [0.05, 0.1) is 10.6 Å². The first-order valence-corrected chi connectivity index (χ1v) is 6.73. The van der Waals surface area contributed by atoms with Crippen molar-refractivity contribution in [3.63, 3.8) is 0 Å². The summed E-state index contributed by atoms with van der Waals surface area (Å²) in [5, 5.41) is 9.82. The molecule has 0 N–H and O–H groups in total. The standard InChI is InChI=1S/C14H11N3S/c15-9-13-14(18-10-4-5-10)11(6-8-17-13)12-3-1-2-7-16-12/h1-3,6-8,10H,4-5H2. The summed E-state index contributed by atoms with van der Waals surface area (Å²) >= 11 is 1.76.